The van der Waals surface area contributed by atoms with E-state index in [1.54, 1.807) is 49.5 Å². The van der Waals surface area contributed by atoms with Crippen molar-refractivity contribution in [2.45, 2.75) is 6.61 Å². The molecule has 0 aliphatic heterocycles. The van der Waals surface area contributed by atoms with E-state index in [1.807, 2.05) is 12.1 Å². The van der Waals surface area contributed by atoms with E-state index in [0.29, 0.717) is 28.6 Å². The topological polar surface area (TPSA) is 55.6 Å². The van der Waals surface area contributed by atoms with Crippen molar-refractivity contribution in [2.75, 3.05) is 17.7 Å². The molecule has 4 nitrogen and oxygen atoms in total. The van der Waals surface area contributed by atoms with E-state index < -0.39 is 5.82 Å². The van der Waals surface area contributed by atoms with E-state index in [9.17, 15) is 9.18 Å². The van der Waals surface area contributed by atoms with Crippen LogP contribution in [0.15, 0.2) is 66.7 Å². The average molecular weight is 385 g/mol. The van der Waals surface area contributed by atoms with E-state index in [-0.39, 0.29) is 11.6 Å². The molecule has 0 unspecified atom stereocenters. The van der Waals surface area contributed by atoms with Crippen LogP contribution in [-0.2, 0) is 6.61 Å². The highest BCUT2D eigenvalue weighted by Crippen LogP contribution is 2.21. The van der Waals surface area contributed by atoms with Crippen LogP contribution >= 0.6 is 11.6 Å². The van der Waals surface area contributed by atoms with Crippen LogP contribution in [0.1, 0.15) is 15.9 Å². The summed E-state index contributed by atoms with van der Waals surface area (Å²) in [6.45, 7) is 0.370. The number of carbonyl (C=O) groups is 1. The Morgan fingerprint density at radius 1 is 1.07 bits per heavy atom. The van der Waals surface area contributed by atoms with Crippen molar-refractivity contribution in [3.8, 4) is 5.75 Å². The molecule has 0 aliphatic carbocycles. The molecular weight excluding hydrogens is 367 g/mol. The predicted molar refractivity (Wildman–Crippen MR) is 106 cm³/mol. The third-order valence-electron chi connectivity index (χ3n) is 4.10. The van der Waals surface area contributed by atoms with E-state index in [0.717, 1.165) is 5.56 Å². The van der Waals surface area contributed by atoms with Crippen molar-refractivity contribution >= 4 is 28.9 Å². The Labute approximate surface area is 161 Å². The molecule has 0 fully saturated rings. The van der Waals surface area contributed by atoms with Crippen LogP contribution in [0.2, 0.25) is 5.02 Å². The monoisotopic (exact) mass is 384 g/mol. The lowest BCUT2D eigenvalue weighted by atomic mass is 10.1. The summed E-state index contributed by atoms with van der Waals surface area (Å²) in [4.78, 5) is 14.0. The molecule has 3 rings (SSSR count). The molecular formula is C21H18ClFN2O2. The van der Waals surface area contributed by atoms with Gasteiger partial charge < -0.3 is 15.4 Å². The standard InChI is InChI=1S/C21H18ClFN2O2/c1-25(17-8-11-20(24)19(23)12-17)21(26)15-4-2-14(3-5-15)13-27-18-9-6-16(22)7-10-18/h2-12H,13,24H2,1H3. The maximum Gasteiger partial charge on any atom is 0.258 e. The zero-order valence-corrected chi connectivity index (χ0v) is 15.4. The van der Waals surface area contributed by atoms with Crippen molar-refractivity contribution in [3.63, 3.8) is 0 Å². The predicted octanol–water partition coefficient (Wildman–Crippen LogP) is 4.92. The lowest BCUT2D eigenvalue weighted by Gasteiger charge is -2.18. The van der Waals surface area contributed by atoms with Crippen LogP contribution in [0.5, 0.6) is 5.75 Å². The van der Waals surface area contributed by atoms with Crippen LogP contribution in [0.4, 0.5) is 15.8 Å². The zero-order valence-electron chi connectivity index (χ0n) is 14.7. The highest BCUT2D eigenvalue weighted by Gasteiger charge is 2.14. The molecule has 0 saturated heterocycles. The fourth-order valence-electron chi connectivity index (χ4n) is 2.48. The lowest BCUT2D eigenvalue weighted by molar-refractivity contribution is 0.0993. The SMILES string of the molecule is CN(C(=O)c1ccc(COc2ccc(Cl)cc2)cc1)c1ccc(N)c(F)c1. The highest BCUT2D eigenvalue weighted by molar-refractivity contribution is 6.30. The number of halogens is 2. The summed E-state index contributed by atoms with van der Waals surface area (Å²) >= 11 is 5.84. The average Bonchev–Trinajstić information content (AvgIpc) is 2.69. The van der Waals surface area contributed by atoms with Gasteiger partial charge in [-0.3, -0.25) is 4.79 Å². The molecule has 2 N–H and O–H groups in total. The Morgan fingerprint density at radius 3 is 2.37 bits per heavy atom. The number of amides is 1. The van der Waals surface area contributed by atoms with Crippen molar-refractivity contribution in [1.29, 1.82) is 0 Å². The number of carbonyl (C=O) groups excluding carboxylic acids is 1. The minimum absolute atomic E-state index is 0.0460. The highest BCUT2D eigenvalue weighted by atomic mass is 35.5. The molecule has 0 radical (unpaired) electrons. The zero-order chi connectivity index (χ0) is 19.4. The van der Waals surface area contributed by atoms with Crippen LogP contribution in [-0.4, -0.2) is 13.0 Å². The quantitative estimate of drug-likeness (QED) is 0.635. The largest absolute Gasteiger partial charge is 0.489 e. The molecule has 0 aliphatic rings. The second-order valence-corrected chi connectivity index (χ2v) is 6.45. The molecule has 0 saturated carbocycles. The maximum absolute atomic E-state index is 13.6. The molecule has 0 aromatic heterocycles. The van der Waals surface area contributed by atoms with Crippen molar-refractivity contribution < 1.29 is 13.9 Å². The first-order valence-corrected chi connectivity index (χ1v) is 8.62. The smallest absolute Gasteiger partial charge is 0.258 e. The van der Waals surface area contributed by atoms with E-state index >= 15 is 0 Å². The van der Waals surface area contributed by atoms with Crippen molar-refractivity contribution in [1.82, 2.24) is 0 Å². The number of hydrogen-bond donors (Lipinski definition) is 1. The second kappa shape index (κ2) is 8.10. The van der Waals surface area contributed by atoms with E-state index in [4.69, 9.17) is 22.1 Å². The van der Waals surface area contributed by atoms with Gasteiger partial charge in [0.25, 0.3) is 5.91 Å². The third kappa shape index (κ3) is 4.57. The fraction of sp³-hybridized carbons (Fsp3) is 0.0952. The van der Waals surface area contributed by atoms with Crippen LogP contribution < -0.4 is 15.4 Å². The first-order chi connectivity index (χ1) is 12.9. The normalized spacial score (nSPS) is 10.5. The minimum atomic E-state index is -0.554. The van der Waals surface area contributed by atoms with Gasteiger partial charge in [-0.15, -0.1) is 0 Å². The first-order valence-electron chi connectivity index (χ1n) is 8.24. The van der Waals surface area contributed by atoms with Gasteiger partial charge in [0.1, 0.15) is 18.2 Å². The lowest BCUT2D eigenvalue weighted by Crippen LogP contribution is -2.26. The Bertz CT molecular complexity index is 943. The Kier molecular flexibility index (Phi) is 5.62. The molecule has 6 heteroatoms. The molecule has 27 heavy (non-hydrogen) atoms. The number of benzene rings is 3. The summed E-state index contributed by atoms with van der Waals surface area (Å²) < 4.78 is 19.3. The molecule has 0 heterocycles. The van der Waals surface area contributed by atoms with Gasteiger partial charge in [-0.25, -0.2) is 4.39 Å². The summed E-state index contributed by atoms with van der Waals surface area (Å²) in [5.74, 6) is -0.0872. The van der Waals surface area contributed by atoms with Gasteiger partial charge in [0.15, 0.2) is 0 Å². The number of anilines is 2. The van der Waals surface area contributed by atoms with Crippen LogP contribution in [0.3, 0.4) is 0 Å². The molecule has 1 amide bonds. The molecule has 0 spiro atoms. The fourth-order valence-corrected chi connectivity index (χ4v) is 2.60. The molecule has 138 valence electrons. The number of nitrogens with two attached hydrogens (primary N) is 1. The van der Waals surface area contributed by atoms with E-state index in [1.165, 1.54) is 17.0 Å². The van der Waals surface area contributed by atoms with Crippen molar-refractivity contribution in [3.05, 3.63) is 88.7 Å². The number of nitrogen functional groups attached to an aromatic ring is 1. The first kappa shape index (κ1) is 18.7. The van der Waals surface area contributed by atoms with E-state index in [2.05, 4.69) is 0 Å². The number of nitrogens with zero attached hydrogens (tertiary/aromatic N) is 1. The van der Waals surface area contributed by atoms with Gasteiger partial charge >= 0.3 is 0 Å². The van der Waals surface area contributed by atoms with Gasteiger partial charge in [0.2, 0.25) is 0 Å². The van der Waals surface area contributed by atoms with Crippen LogP contribution in [0, 0.1) is 5.82 Å². The Morgan fingerprint density at radius 2 is 1.74 bits per heavy atom. The van der Waals surface area contributed by atoms with Gasteiger partial charge in [0.05, 0.1) is 5.69 Å². The number of hydrogen-bond acceptors (Lipinski definition) is 3. The van der Waals surface area contributed by atoms with Gasteiger partial charge in [-0.2, -0.15) is 0 Å². The Balaban J connectivity index is 1.65. The summed E-state index contributed by atoms with van der Waals surface area (Å²) in [6.07, 6.45) is 0. The summed E-state index contributed by atoms with van der Waals surface area (Å²) in [6, 6.07) is 18.4. The number of rotatable bonds is 5. The van der Waals surface area contributed by atoms with Gasteiger partial charge in [-0.1, -0.05) is 23.7 Å². The van der Waals surface area contributed by atoms with Gasteiger partial charge in [0, 0.05) is 23.3 Å². The second-order valence-electron chi connectivity index (χ2n) is 6.01. The molecule has 3 aromatic rings. The third-order valence-corrected chi connectivity index (χ3v) is 4.35. The summed E-state index contributed by atoms with van der Waals surface area (Å²) in [5.41, 5.74) is 7.36. The van der Waals surface area contributed by atoms with Crippen LogP contribution in [0.25, 0.3) is 0 Å². The summed E-state index contributed by atoms with van der Waals surface area (Å²) in [5, 5.41) is 0.648. The Hall–Kier alpha value is -3.05. The molecule has 0 bridgehead atoms. The molecule has 3 aromatic carbocycles. The van der Waals surface area contributed by atoms with Crippen molar-refractivity contribution in [2.24, 2.45) is 0 Å². The minimum Gasteiger partial charge on any atom is -0.489 e. The van der Waals surface area contributed by atoms with Gasteiger partial charge in [-0.05, 0) is 60.2 Å². The molecule has 0 atom stereocenters. The summed E-state index contributed by atoms with van der Waals surface area (Å²) in [7, 11) is 1.59. The number of ether oxygens (including phenoxy) is 1. The maximum atomic E-state index is 13.6.